The van der Waals surface area contributed by atoms with Gasteiger partial charge in [0, 0.05) is 20.2 Å². The number of aromatic nitrogens is 1. The number of anilines is 1. The van der Waals surface area contributed by atoms with Crippen molar-refractivity contribution in [2.24, 2.45) is 0 Å². The molecule has 90 valence electrons. The summed E-state index contributed by atoms with van der Waals surface area (Å²) in [7, 11) is 0. The summed E-state index contributed by atoms with van der Waals surface area (Å²) >= 11 is 6.89. The fourth-order valence-electron chi connectivity index (χ4n) is 1.70. The molecule has 0 aliphatic rings. The number of nitrogens with two attached hydrogens (primary N) is 1. The summed E-state index contributed by atoms with van der Waals surface area (Å²) < 4.78 is 7.65. The molecule has 5 heteroatoms. The van der Waals surface area contributed by atoms with E-state index in [1.807, 2.05) is 24.3 Å². The fraction of sp³-hybridized carbons (Fsp3) is 0. The summed E-state index contributed by atoms with van der Waals surface area (Å²) in [5.74, 6) is 0.587. The molecule has 2 N–H and O–H groups in total. The standard InChI is InChI=1S/C13H8Br2N2O/c14-9-3-1-7(5-10(9)15)13-17-11-6-8(16)2-4-12(11)18-13/h1-6H,16H2. The molecule has 0 aliphatic heterocycles. The van der Waals surface area contributed by atoms with Gasteiger partial charge in [0.1, 0.15) is 5.52 Å². The Morgan fingerprint density at radius 3 is 2.61 bits per heavy atom. The molecule has 0 bridgehead atoms. The van der Waals surface area contributed by atoms with Gasteiger partial charge in [0.2, 0.25) is 5.89 Å². The summed E-state index contributed by atoms with van der Waals surface area (Å²) in [4.78, 5) is 4.43. The minimum Gasteiger partial charge on any atom is -0.436 e. The second kappa shape index (κ2) is 4.40. The molecule has 0 atom stereocenters. The maximum Gasteiger partial charge on any atom is 0.227 e. The highest BCUT2D eigenvalue weighted by Gasteiger charge is 2.09. The zero-order valence-electron chi connectivity index (χ0n) is 9.15. The second-order valence-electron chi connectivity index (χ2n) is 3.88. The van der Waals surface area contributed by atoms with E-state index in [1.165, 1.54) is 0 Å². The Labute approximate surface area is 120 Å². The lowest BCUT2D eigenvalue weighted by atomic mass is 10.2. The number of oxazole rings is 1. The first kappa shape index (κ1) is 11.7. The quantitative estimate of drug-likeness (QED) is 0.639. The SMILES string of the molecule is Nc1ccc2oc(-c3ccc(Br)c(Br)c3)nc2c1. The van der Waals surface area contributed by atoms with Gasteiger partial charge in [-0.1, -0.05) is 0 Å². The van der Waals surface area contributed by atoms with E-state index in [4.69, 9.17) is 10.2 Å². The van der Waals surface area contributed by atoms with Crippen LogP contribution in [0.2, 0.25) is 0 Å². The van der Waals surface area contributed by atoms with E-state index < -0.39 is 0 Å². The fourth-order valence-corrected chi connectivity index (χ4v) is 2.32. The van der Waals surface area contributed by atoms with Crippen LogP contribution in [0.3, 0.4) is 0 Å². The maximum atomic E-state index is 5.72. The number of halogens is 2. The van der Waals surface area contributed by atoms with E-state index in [2.05, 4.69) is 36.8 Å². The molecule has 3 rings (SSSR count). The average molecular weight is 368 g/mol. The molecule has 0 unspecified atom stereocenters. The molecule has 0 saturated heterocycles. The van der Waals surface area contributed by atoms with Crippen LogP contribution in [0.4, 0.5) is 5.69 Å². The molecule has 1 heterocycles. The van der Waals surface area contributed by atoms with Crippen molar-refractivity contribution in [3.63, 3.8) is 0 Å². The number of hydrogen-bond donors (Lipinski definition) is 1. The molecule has 0 aliphatic carbocycles. The van der Waals surface area contributed by atoms with Gasteiger partial charge in [0.25, 0.3) is 0 Å². The zero-order chi connectivity index (χ0) is 12.7. The van der Waals surface area contributed by atoms with Crippen LogP contribution < -0.4 is 5.73 Å². The van der Waals surface area contributed by atoms with Gasteiger partial charge in [-0.3, -0.25) is 0 Å². The van der Waals surface area contributed by atoms with Crippen molar-refractivity contribution in [2.75, 3.05) is 5.73 Å². The summed E-state index contributed by atoms with van der Waals surface area (Å²) in [5.41, 5.74) is 8.82. The van der Waals surface area contributed by atoms with Gasteiger partial charge in [-0.15, -0.1) is 0 Å². The van der Waals surface area contributed by atoms with E-state index in [-0.39, 0.29) is 0 Å². The van der Waals surface area contributed by atoms with Gasteiger partial charge in [0.05, 0.1) is 0 Å². The Bertz CT molecular complexity index is 737. The van der Waals surface area contributed by atoms with E-state index in [0.29, 0.717) is 11.6 Å². The van der Waals surface area contributed by atoms with Crippen molar-refractivity contribution in [3.8, 4) is 11.5 Å². The number of hydrogen-bond acceptors (Lipinski definition) is 3. The minimum absolute atomic E-state index is 0.587. The highest BCUT2D eigenvalue weighted by molar-refractivity contribution is 9.13. The van der Waals surface area contributed by atoms with Gasteiger partial charge in [0.15, 0.2) is 5.58 Å². The van der Waals surface area contributed by atoms with Gasteiger partial charge in [-0.05, 0) is 68.3 Å². The predicted octanol–water partition coefficient (Wildman–Crippen LogP) is 4.60. The lowest BCUT2D eigenvalue weighted by Crippen LogP contribution is -1.82. The summed E-state index contributed by atoms with van der Waals surface area (Å²) in [5, 5.41) is 0. The molecule has 0 radical (unpaired) electrons. The normalized spacial score (nSPS) is 11.0. The molecule has 0 amide bonds. The number of nitrogen functional groups attached to an aromatic ring is 1. The topological polar surface area (TPSA) is 52.0 Å². The third-order valence-corrected chi connectivity index (χ3v) is 4.46. The van der Waals surface area contributed by atoms with E-state index in [1.54, 1.807) is 12.1 Å². The number of nitrogens with zero attached hydrogens (tertiary/aromatic N) is 1. The first-order chi connectivity index (χ1) is 8.63. The maximum absolute atomic E-state index is 5.72. The minimum atomic E-state index is 0.587. The van der Waals surface area contributed by atoms with Crippen LogP contribution in [0.1, 0.15) is 0 Å². The Kier molecular flexibility index (Phi) is 2.87. The van der Waals surface area contributed by atoms with E-state index in [9.17, 15) is 0 Å². The van der Waals surface area contributed by atoms with Crippen molar-refractivity contribution in [1.29, 1.82) is 0 Å². The lowest BCUT2D eigenvalue weighted by molar-refractivity contribution is 0.620. The largest absolute Gasteiger partial charge is 0.436 e. The molecular weight excluding hydrogens is 360 g/mol. The van der Waals surface area contributed by atoms with Crippen LogP contribution in [0.15, 0.2) is 49.8 Å². The van der Waals surface area contributed by atoms with Crippen LogP contribution in [0, 0.1) is 0 Å². The molecule has 0 saturated carbocycles. The van der Waals surface area contributed by atoms with Crippen molar-refractivity contribution >= 4 is 48.6 Å². The molecular formula is C13H8Br2N2O. The van der Waals surface area contributed by atoms with Crippen molar-refractivity contribution in [2.45, 2.75) is 0 Å². The van der Waals surface area contributed by atoms with Crippen LogP contribution in [0.25, 0.3) is 22.6 Å². The molecule has 3 aromatic rings. The summed E-state index contributed by atoms with van der Waals surface area (Å²) in [6.45, 7) is 0. The third-order valence-electron chi connectivity index (χ3n) is 2.58. The first-order valence-corrected chi connectivity index (χ1v) is 6.83. The lowest BCUT2D eigenvalue weighted by Gasteiger charge is -1.98. The van der Waals surface area contributed by atoms with Crippen LogP contribution in [0.5, 0.6) is 0 Å². The van der Waals surface area contributed by atoms with E-state index >= 15 is 0 Å². The van der Waals surface area contributed by atoms with Crippen molar-refractivity contribution < 1.29 is 4.42 Å². The molecule has 0 fully saturated rings. The molecule has 18 heavy (non-hydrogen) atoms. The second-order valence-corrected chi connectivity index (χ2v) is 5.58. The summed E-state index contributed by atoms with van der Waals surface area (Å²) in [6.07, 6.45) is 0. The summed E-state index contributed by atoms with van der Waals surface area (Å²) in [6, 6.07) is 11.3. The Morgan fingerprint density at radius 2 is 1.83 bits per heavy atom. The number of rotatable bonds is 1. The third kappa shape index (κ3) is 2.04. The number of fused-ring (bicyclic) bond motifs is 1. The molecule has 2 aromatic carbocycles. The Balaban J connectivity index is 2.16. The predicted molar refractivity (Wildman–Crippen MR) is 79.3 cm³/mol. The highest BCUT2D eigenvalue weighted by atomic mass is 79.9. The number of benzene rings is 2. The molecule has 3 nitrogen and oxygen atoms in total. The monoisotopic (exact) mass is 366 g/mol. The smallest absolute Gasteiger partial charge is 0.227 e. The van der Waals surface area contributed by atoms with Crippen LogP contribution in [-0.4, -0.2) is 4.98 Å². The first-order valence-electron chi connectivity index (χ1n) is 5.25. The van der Waals surface area contributed by atoms with Crippen LogP contribution in [-0.2, 0) is 0 Å². The zero-order valence-corrected chi connectivity index (χ0v) is 12.3. The van der Waals surface area contributed by atoms with Gasteiger partial charge in [-0.2, -0.15) is 0 Å². The van der Waals surface area contributed by atoms with Crippen molar-refractivity contribution in [1.82, 2.24) is 4.98 Å². The van der Waals surface area contributed by atoms with Gasteiger partial charge < -0.3 is 10.2 Å². The average Bonchev–Trinajstić information content (AvgIpc) is 2.75. The van der Waals surface area contributed by atoms with Gasteiger partial charge >= 0.3 is 0 Å². The Morgan fingerprint density at radius 1 is 1.00 bits per heavy atom. The van der Waals surface area contributed by atoms with E-state index in [0.717, 1.165) is 25.6 Å². The van der Waals surface area contributed by atoms with Gasteiger partial charge in [-0.25, -0.2) is 4.98 Å². The molecule has 1 aromatic heterocycles. The highest BCUT2D eigenvalue weighted by Crippen LogP contribution is 2.30. The van der Waals surface area contributed by atoms with Crippen LogP contribution >= 0.6 is 31.9 Å². The Hall–Kier alpha value is -1.33. The molecule has 0 spiro atoms. The van der Waals surface area contributed by atoms with Crippen molar-refractivity contribution in [3.05, 3.63) is 45.3 Å².